The van der Waals surface area contributed by atoms with Gasteiger partial charge in [0.1, 0.15) is 0 Å². The van der Waals surface area contributed by atoms with E-state index in [4.69, 9.17) is 5.73 Å². The number of anilines is 2. The highest BCUT2D eigenvalue weighted by Crippen LogP contribution is 2.15. The van der Waals surface area contributed by atoms with Crippen molar-refractivity contribution < 1.29 is 4.79 Å². The van der Waals surface area contributed by atoms with Crippen LogP contribution < -0.4 is 11.1 Å². The number of nitrogens with two attached hydrogens (primary N) is 1. The lowest BCUT2D eigenvalue weighted by atomic mass is 10.1. The highest BCUT2D eigenvalue weighted by molar-refractivity contribution is 6.05. The van der Waals surface area contributed by atoms with Gasteiger partial charge in [0.05, 0.1) is 11.9 Å². The van der Waals surface area contributed by atoms with Crippen molar-refractivity contribution in [2.24, 2.45) is 0 Å². The first-order chi connectivity index (χ1) is 8.97. The second-order valence-electron chi connectivity index (χ2n) is 4.83. The third-order valence-electron chi connectivity index (χ3n) is 2.88. The third-order valence-corrected chi connectivity index (χ3v) is 2.88. The second-order valence-corrected chi connectivity index (χ2v) is 4.83. The molecular weight excluding hydrogens is 240 g/mol. The van der Waals surface area contributed by atoms with E-state index in [0.29, 0.717) is 16.9 Å². The minimum atomic E-state index is -0.152. The summed E-state index contributed by atoms with van der Waals surface area (Å²) >= 11 is 0. The Morgan fingerprint density at radius 1 is 1.42 bits per heavy atom. The number of amides is 1. The van der Waals surface area contributed by atoms with E-state index in [2.05, 4.69) is 10.4 Å². The van der Waals surface area contributed by atoms with Gasteiger partial charge in [-0.2, -0.15) is 5.10 Å². The van der Waals surface area contributed by atoms with Crippen molar-refractivity contribution in [2.45, 2.75) is 26.8 Å². The van der Waals surface area contributed by atoms with Gasteiger partial charge in [0.2, 0.25) is 0 Å². The lowest BCUT2D eigenvalue weighted by Crippen LogP contribution is -2.13. The van der Waals surface area contributed by atoms with E-state index in [1.807, 2.05) is 27.0 Å². The summed E-state index contributed by atoms with van der Waals surface area (Å²) in [4.78, 5) is 12.1. The van der Waals surface area contributed by atoms with E-state index in [0.717, 1.165) is 5.56 Å². The van der Waals surface area contributed by atoms with E-state index < -0.39 is 0 Å². The molecule has 1 heterocycles. The van der Waals surface area contributed by atoms with Gasteiger partial charge in [0, 0.05) is 23.5 Å². The molecule has 0 fully saturated rings. The van der Waals surface area contributed by atoms with Crippen molar-refractivity contribution >= 4 is 17.3 Å². The van der Waals surface area contributed by atoms with Gasteiger partial charge in [-0.25, -0.2) is 0 Å². The lowest BCUT2D eigenvalue weighted by molar-refractivity contribution is 0.102. The molecule has 0 atom stereocenters. The molecule has 1 amide bonds. The van der Waals surface area contributed by atoms with E-state index >= 15 is 0 Å². The van der Waals surface area contributed by atoms with Crippen molar-refractivity contribution in [2.75, 3.05) is 11.1 Å². The minimum Gasteiger partial charge on any atom is -0.399 e. The quantitative estimate of drug-likeness (QED) is 0.831. The number of hydrogen-bond donors (Lipinski definition) is 2. The number of nitrogens with one attached hydrogen (secondary N) is 1. The minimum absolute atomic E-state index is 0.152. The number of rotatable bonds is 3. The van der Waals surface area contributed by atoms with Gasteiger partial charge < -0.3 is 11.1 Å². The molecular formula is C14H18N4O. The van der Waals surface area contributed by atoms with Crippen LogP contribution in [0.2, 0.25) is 0 Å². The third kappa shape index (κ3) is 2.93. The largest absolute Gasteiger partial charge is 0.399 e. The van der Waals surface area contributed by atoms with E-state index in [-0.39, 0.29) is 11.9 Å². The zero-order chi connectivity index (χ0) is 14.0. The number of carbonyl (C=O) groups is 1. The fraction of sp³-hybridized carbons (Fsp3) is 0.286. The standard InChI is InChI=1S/C14H18N4O/c1-9(2)18-8-12(7-16-18)17-14(19)13-5-4-11(15)6-10(13)3/h4-9H,15H2,1-3H3,(H,17,19). The summed E-state index contributed by atoms with van der Waals surface area (Å²) in [6.45, 7) is 5.92. The predicted octanol–water partition coefficient (Wildman–Crippen LogP) is 2.61. The number of aryl methyl sites for hydroxylation is 1. The Balaban J connectivity index is 2.16. The zero-order valence-corrected chi connectivity index (χ0v) is 11.3. The fourth-order valence-electron chi connectivity index (χ4n) is 1.83. The highest BCUT2D eigenvalue weighted by Gasteiger charge is 2.11. The zero-order valence-electron chi connectivity index (χ0n) is 11.3. The van der Waals surface area contributed by atoms with Crippen LogP contribution in [0.3, 0.4) is 0 Å². The van der Waals surface area contributed by atoms with Crippen molar-refractivity contribution in [3.05, 3.63) is 41.7 Å². The van der Waals surface area contributed by atoms with Crippen LogP contribution in [0.25, 0.3) is 0 Å². The van der Waals surface area contributed by atoms with Crippen LogP contribution >= 0.6 is 0 Å². The van der Waals surface area contributed by atoms with Crippen molar-refractivity contribution in [1.82, 2.24) is 9.78 Å². The van der Waals surface area contributed by atoms with E-state index in [1.54, 1.807) is 29.1 Å². The summed E-state index contributed by atoms with van der Waals surface area (Å²) in [6, 6.07) is 5.50. The van der Waals surface area contributed by atoms with Crippen LogP contribution in [0.1, 0.15) is 35.8 Å². The maximum Gasteiger partial charge on any atom is 0.256 e. The molecule has 5 nitrogen and oxygen atoms in total. The molecule has 19 heavy (non-hydrogen) atoms. The molecule has 0 aliphatic carbocycles. The van der Waals surface area contributed by atoms with Gasteiger partial charge in [-0.1, -0.05) is 0 Å². The highest BCUT2D eigenvalue weighted by atomic mass is 16.1. The molecule has 0 bridgehead atoms. The topological polar surface area (TPSA) is 72.9 Å². The number of aromatic nitrogens is 2. The summed E-state index contributed by atoms with van der Waals surface area (Å²) < 4.78 is 1.80. The van der Waals surface area contributed by atoms with Crippen LogP contribution in [-0.4, -0.2) is 15.7 Å². The van der Waals surface area contributed by atoms with Gasteiger partial charge in [-0.05, 0) is 44.5 Å². The molecule has 0 aliphatic heterocycles. The van der Waals surface area contributed by atoms with Gasteiger partial charge >= 0.3 is 0 Å². The first-order valence-electron chi connectivity index (χ1n) is 6.19. The molecule has 1 aromatic heterocycles. The summed E-state index contributed by atoms with van der Waals surface area (Å²) in [5.41, 5.74) is 8.49. The maximum atomic E-state index is 12.1. The normalized spacial score (nSPS) is 10.7. The number of nitrogen functional groups attached to an aromatic ring is 1. The molecule has 1 aromatic carbocycles. The summed E-state index contributed by atoms with van der Waals surface area (Å²) in [5, 5.41) is 7.01. The van der Waals surface area contributed by atoms with E-state index in [1.165, 1.54) is 0 Å². The Hall–Kier alpha value is -2.30. The second kappa shape index (κ2) is 5.14. The smallest absolute Gasteiger partial charge is 0.256 e. The maximum absolute atomic E-state index is 12.1. The first-order valence-corrected chi connectivity index (χ1v) is 6.19. The molecule has 3 N–H and O–H groups in total. The number of hydrogen-bond acceptors (Lipinski definition) is 3. The average molecular weight is 258 g/mol. The van der Waals surface area contributed by atoms with Gasteiger partial charge in [-0.3, -0.25) is 9.48 Å². The van der Waals surface area contributed by atoms with Gasteiger partial charge in [0.15, 0.2) is 0 Å². The van der Waals surface area contributed by atoms with Crippen molar-refractivity contribution in [3.63, 3.8) is 0 Å². The van der Waals surface area contributed by atoms with Crippen LogP contribution in [0.4, 0.5) is 11.4 Å². The molecule has 0 unspecified atom stereocenters. The van der Waals surface area contributed by atoms with Crippen LogP contribution in [0.15, 0.2) is 30.6 Å². The molecule has 2 aromatic rings. The molecule has 100 valence electrons. The fourth-order valence-corrected chi connectivity index (χ4v) is 1.83. The average Bonchev–Trinajstić information content (AvgIpc) is 2.77. The first kappa shape index (κ1) is 13.1. The van der Waals surface area contributed by atoms with Crippen LogP contribution in [0.5, 0.6) is 0 Å². The summed E-state index contributed by atoms with van der Waals surface area (Å²) in [7, 11) is 0. The van der Waals surface area contributed by atoms with E-state index in [9.17, 15) is 4.79 Å². The van der Waals surface area contributed by atoms with Crippen LogP contribution in [-0.2, 0) is 0 Å². The molecule has 0 radical (unpaired) electrons. The predicted molar refractivity (Wildman–Crippen MR) is 76.2 cm³/mol. The summed E-state index contributed by atoms with van der Waals surface area (Å²) in [6.07, 6.45) is 3.46. The Kier molecular flexibility index (Phi) is 3.55. The van der Waals surface area contributed by atoms with Crippen LogP contribution in [0, 0.1) is 6.92 Å². The number of carbonyl (C=O) groups excluding carboxylic acids is 1. The monoisotopic (exact) mass is 258 g/mol. The number of nitrogens with zero attached hydrogens (tertiary/aromatic N) is 2. The Bertz CT molecular complexity index is 601. The summed E-state index contributed by atoms with van der Waals surface area (Å²) in [5.74, 6) is -0.152. The van der Waals surface area contributed by atoms with Crippen molar-refractivity contribution in [1.29, 1.82) is 0 Å². The Labute approximate surface area is 112 Å². The van der Waals surface area contributed by atoms with Gasteiger partial charge in [-0.15, -0.1) is 0 Å². The lowest BCUT2D eigenvalue weighted by Gasteiger charge is -2.07. The Morgan fingerprint density at radius 2 is 2.16 bits per heavy atom. The molecule has 0 aliphatic rings. The Morgan fingerprint density at radius 3 is 2.74 bits per heavy atom. The SMILES string of the molecule is Cc1cc(N)ccc1C(=O)Nc1cnn(C(C)C)c1. The molecule has 0 saturated carbocycles. The van der Waals surface area contributed by atoms with Crippen molar-refractivity contribution in [3.8, 4) is 0 Å². The molecule has 5 heteroatoms. The number of benzene rings is 1. The molecule has 0 saturated heterocycles. The van der Waals surface area contributed by atoms with Gasteiger partial charge in [0.25, 0.3) is 5.91 Å². The molecule has 0 spiro atoms. The molecule has 2 rings (SSSR count).